The van der Waals surface area contributed by atoms with Crippen molar-refractivity contribution < 1.29 is 0 Å². The Morgan fingerprint density at radius 1 is 1.29 bits per heavy atom. The number of halogens is 1. The second-order valence-corrected chi connectivity index (χ2v) is 5.76. The van der Waals surface area contributed by atoms with E-state index in [0.717, 1.165) is 30.9 Å². The standard InChI is InChI=1S/C15H22ClN5/c1-4-7-17-14(13-6-5-12(16)9-18-13)8-15-19-10-20-21(15)11(2)3/h5-6,9-11,14,17H,4,7-8H2,1-3H3. The van der Waals surface area contributed by atoms with Gasteiger partial charge in [0.1, 0.15) is 12.2 Å². The number of rotatable bonds is 7. The van der Waals surface area contributed by atoms with Gasteiger partial charge in [0.15, 0.2) is 0 Å². The molecular weight excluding hydrogens is 286 g/mol. The van der Waals surface area contributed by atoms with Gasteiger partial charge in [-0.1, -0.05) is 18.5 Å². The van der Waals surface area contributed by atoms with Crippen molar-refractivity contribution in [2.24, 2.45) is 0 Å². The summed E-state index contributed by atoms with van der Waals surface area (Å²) in [6.45, 7) is 7.29. The second-order valence-electron chi connectivity index (χ2n) is 5.33. The monoisotopic (exact) mass is 307 g/mol. The fourth-order valence-corrected chi connectivity index (χ4v) is 2.34. The summed E-state index contributed by atoms with van der Waals surface area (Å²) in [6, 6.07) is 4.25. The molecular formula is C15H22ClN5. The lowest BCUT2D eigenvalue weighted by atomic mass is 10.1. The highest BCUT2D eigenvalue weighted by molar-refractivity contribution is 6.30. The minimum absolute atomic E-state index is 0.115. The van der Waals surface area contributed by atoms with E-state index < -0.39 is 0 Å². The van der Waals surface area contributed by atoms with Crippen LogP contribution in [0.4, 0.5) is 0 Å². The minimum Gasteiger partial charge on any atom is -0.308 e. The van der Waals surface area contributed by atoms with E-state index in [1.165, 1.54) is 0 Å². The molecule has 0 saturated heterocycles. The molecule has 1 N–H and O–H groups in total. The van der Waals surface area contributed by atoms with Crippen molar-refractivity contribution in [1.29, 1.82) is 0 Å². The summed E-state index contributed by atoms with van der Waals surface area (Å²) in [7, 11) is 0. The van der Waals surface area contributed by atoms with Crippen LogP contribution in [-0.2, 0) is 6.42 Å². The zero-order valence-corrected chi connectivity index (χ0v) is 13.5. The van der Waals surface area contributed by atoms with Crippen molar-refractivity contribution in [3.05, 3.63) is 41.2 Å². The highest BCUT2D eigenvalue weighted by Gasteiger charge is 2.17. The van der Waals surface area contributed by atoms with E-state index in [-0.39, 0.29) is 6.04 Å². The molecule has 1 unspecified atom stereocenters. The quantitative estimate of drug-likeness (QED) is 0.853. The Kier molecular flexibility index (Phi) is 5.70. The van der Waals surface area contributed by atoms with Crippen LogP contribution in [0.15, 0.2) is 24.7 Å². The zero-order chi connectivity index (χ0) is 15.2. The molecule has 2 aromatic rings. The Hall–Kier alpha value is -1.46. The maximum Gasteiger partial charge on any atom is 0.138 e. The van der Waals surface area contributed by atoms with Crippen molar-refractivity contribution in [3.8, 4) is 0 Å². The molecule has 6 heteroatoms. The van der Waals surface area contributed by atoms with E-state index in [2.05, 4.69) is 41.2 Å². The molecule has 0 amide bonds. The molecule has 1 atom stereocenters. The summed E-state index contributed by atoms with van der Waals surface area (Å²) in [6.07, 6.45) is 5.12. The predicted octanol–water partition coefficient (Wildman–Crippen LogP) is 3.19. The van der Waals surface area contributed by atoms with Crippen LogP contribution < -0.4 is 5.32 Å². The molecule has 2 heterocycles. The lowest BCUT2D eigenvalue weighted by Crippen LogP contribution is -2.26. The van der Waals surface area contributed by atoms with Crippen LogP contribution in [0.25, 0.3) is 0 Å². The summed E-state index contributed by atoms with van der Waals surface area (Å²) in [5.74, 6) is 0.968. The van der Waals surface area contributed by atoms with Gasteiger partial charge >= 0.3 is 0 Å². The molecule has 5 nitrogen and oxygen atoms in total. The minimum atomic E-state index is 0.115. The van der Waals surface area contributed by atoms with Gasteiger partial charge in [-0.25, -0.2) is 9.67 Å². The van der Waals surface area contributed by atoms with Gasteiger partial charge in [-0.15, -0.1) is 0 Å². The van der Waals surface area contributed by atoms with Gasteiger partial charge in [-0.2, -0.15) is 5.10 Å². The largest absolute Gasteiger partial charge is 0.308 e. The fourth-order valence-electron chi connectivity index (χ4n) is 2.23. The molecule has 0 aliphatic rings. The number of nitrogens with one attached hydrogen (secondary N) is 1. The molecule has 2 rings (SSSR count). The van der Waals surface area contributed by atoms with Gasteiger partial charge in [0.05, 0.1) is 16.8 Å². The molecule has 114 valence electrons. The van der Waals surface area contributed by atoms with Gasteiger partial charge in [-0.05, 0) is 38.9 Å². The van der Waals surface area contributed by atoms with Crippen LogP contribution >= 0.6 is 11.6 Å². The van der Waals surface area contributed by atoms with Crippen molar-refractivity contribution in [3.63, 3.8) is 0 Å². The van der Waals surface area contributed by atoms with E-state index in [1.54, 1.807) is 12.5 Å². The van der Waals surface area contributed by atoms with E-state index in [9.17, 15) is 0 Å². The SMILES string of the molecule is CCCNC(Cc1ncnn1C(C)C)c1ccc(Cl)cn1. The summed E-state index contributed by atoms with van der Waals surface area (Å²) in [4.78, 5) is 8.82. The number of hydrogen-bond donors (Lipinski definition) is 1. The predicted molar refractivity (Wildman–Crippen MR) is 84.4 cm³/mol. The third-order valence-corrected chi connectivity index (χ3v) is 3.49. The third kappa shape index (κ3) is 4.25. The summed E-state index contributed by atoms with van der Waals surface area (Å²) >= 11 is 5.92. The van der Waals surface area contributed by atoms with Crippen LogP contribution in [-0.4, -0.2) is 26.3 Å². The average Bonchev–Trinajstić information content (AvgIpc) is 2.93. The molecule has 2 aromatic heterocycles. The smallest absolute Gasteiger partial charge is 0.138 e. The molecule has 0 aromatic carbocycles. The van der Waals surface area contributed by atoms with Gasteiger partial charge in [0.25, 0.3) is 0 Å². The Morgan fingerprint density at radius 2 is 2.10 bits per heavy atom. The fraction of sp³-hybridized carbons (Fsp3) is 0.533. The molecule has 0 fully saturated rings. The molecule has 21 heavy (non-hydrogen) atoms. The van der Waals surface area contributed by atoms with E-state index in [1.807, 2.05) is 16.8 Å². The first-order valence-corrected chi connectivity index (χ1v) is 7.72. The first-order chi connectivity index (χ1) is 10.1. The van der Waals surface area contributed by atoms with E-state index >= 15 is 0 Å². The number of pyridine rings is 1. The van der Waals surface area contributed by atoms with Gasteiger partial charge in [0, 0.05) is 18.7 Å². The van der Waals surface area contributed by atoms with Crippen molar-refractivity contribution >= 4 is 11.6 Å². The van der Waals surface area contributed by atoms with Crippen LogP contribution in [0.1, 0.15) is 50.8 Å². The van der Waals surface area contributed by atoms with Crippen molar-refractivity contribution in [2.75, 3.05) is 6.54 Å². The number of nitrogens with zero attached hydrogens (tertiary/aromatic N) is 4. The van der Waals surface area contributed by atoms with Crippen LogP contribution in [0.2, 0.25) is 5.02 Å². The molecule has 0 bridgehead atoms. The van der Waals surface area contributed by atoms with Crippen LogP contribution in [0.5, 0.6) is 0 Å². The molecule has 0 aliphatic carbocycles. The highest BCUT2D eigenvalue weighted by Crippen LogP contribution is 2.18. The first kappa shape index (κ1) is 15.9. The molecule has 0 aliphatic heterocycles. The average molecular weight is 308 g/mol. The lowest BCUT2D eigenvalue weighted by Gasteiger charge is -2.19. The highest BCUT2D eigenvalue weighted by atomic mass is 35.5. The van der Waals surface area contributed by atoms with Crippen LogP contribution in [0, 0.1) is 0 Å². The topological polar surface area (TPSA) is 55.6 Å². The van der Waals surface area contributed by atoms with Gasteiger partial charge < -0.3 is 5.32 Å². The Bertz CT molecular complexity index is 549. The Labute approximate surface area is 130 Å². The van der Waals surface area contributed by atoms with Crippen molar-refractivity contribution in [2.45, 2.75) is 45.7 Å². The van der Waals surface area contributed by atoms with E-state index in [4.69, 9.17) is 11.6 Å². The first-order valence-electron chi connectivity index (χ1n) is 7.35. The molecule has 0 radical (unpaired) electrons. The van der Waals surface area contributed by atoms with Gasteiger partial charge in [0.2, 0.25) is 0 Å². The maximum absolute atomic E-state index is 5.92. The van der Waals surface area contributed by atoms with Crippen LogP contribution in [0.3, 0.4) is 0 Å². The normalized spacial score (nSPS) is 12.8. The maximum atomic E-state index is 5.92. The Balaban J connectivity index is 2.19. The molecule has 0 spiro atoms. The third-order valence-electron chi connectivity index (χ3n) is 3.27. The van der Waals surface area contributed by atoms with Crippen molar-refractivity contribution in [1.82, 2.24) is 25.1 Å². The number of aromatic nitrogens is 4. The zero-order valence-electron chi connectivity index (χ0n) is 12.8. The summed E-state index contributed by atoms with van der Waals surface area (Å²) < 4.78 is 1.95. The summed E-state index contributed by atoms with van der Waals surface area (Å²) in [5, 5.41) is 8.47. The summed E-state index contributed by atoms with van der Waals surface area (Å²) in [5.41, 5.74) is 0.978. The Morgan fingerprint density at radius 3 is 2.71 bits per heavy atom. The lowest BCUT2D eigenvalue weighted by molar-refractivity contribution is 0.458. The molecule has 0 saturated carbocycles. The van der Waals surface area contributed by atoms with E-state index in [0.29, 0.717) is 11.1 Å². The number of hydrogen-bond acceptors (Lipinski definition) is 4. The van der Waals surface area contributed by atoms with Gasteiger partial charge in [-0.3, -0.25) is 4.98 Å². The second kappa shape index (κ2) is 7.52.